The monoisotopic (exact) mass is 414 g/mol. The Kier molecular flexibility index (Phi) is 7.14. The number of carbonyl (C=O) groups is 1. The van der Waals surface area contributed by atoms with Gasteiger partial charge < -0.3 is 10.2 Å². The molecule has 0 unspecified atom stereocenters. The third kappa shape index (κ3) is 5.71. The van der Waals surface area contributed by atoms with Crippen molar-refractivity contribution in [1.82, 2.24) is 20.0 Å². The number of nitrogens with zero attached hydrogens (tertiary/aromatic N) is 3. The smallest absolute Gasteiger partial charge is 0.244 e. The molecule has 156 valence electrons. The first-order chi connectivity index (χ1) is 13.8. The Balaban J connectivity index is 1.59. The van der Waals surface area contributed by atoms with Crippen LogP contribution in [0.4, 0.5) is 0 Å². The van der Waals surface area contributed by atoms with E-state index in [1.165, 1.54) is 5.56 Å². The van der Waals surface area contributed by atoms with Crippen molar-refractivity contribution >= 4 is 23.6 Å². The molecule has 1 amide bonds. The number of nitrogens with one attached hydrogen (secondary N) is 1. The molecule has 1 aliphatic rings. The van der Waals surface area contributed by atoms with Crippen molar-refractivity contribution in [3.63, 3.8) is 0 Å². The standard InChI is InChI=1S/C23H31ClN4O/c1-16(2)27-13-11-20(12-14-27)25-22(29)10-9-21-18(4)26-28(23(21)24)15-19-7-5-17(3)6-8-19/h5-10,16,20H,11-15H2,1-4H3,(H,25,29)/b10-9+. The zero-order valence-corrected chi connectivity index (χ0v) is 18.5. The number of rotatable bonds is 6. The number of benzene rings is 1. The number of piperidine rings is 1. The van der Waals surface area contributed by atoms with Crippen molar-refractivity contribution < 1.29 is 4.79 Å². The molecule has 2 aromatic rings. The summed E-state index contributed by atoms with van der Waals surface area (Å²) < 4.78 is 1.78. The van der Waals surface area contributed by atoms with Crippen LogP contribution in [-0.2, 0) is 11.3 Å². The zero-order chi connectivity index (χ0) is 21.0. The number of halogens is 1. The molecule has 1 saturated heterocycles. The minimum Gasteiger partial charge on any atom is -0.350 e. The van der Waals surface area contributed by atoms with Crippen molar-refractivity contribution in [2.45, 2.75) is 59.2 Å². The highest BCUT2D eigenvalue weighted by molar-refractivity contribution is 6.31. The van der Waals surface area contributed by atoms with Gasteiger partial charge in [-0.25, -0.2) is 4.68 Å². The van der Waals surface area contributed by atoms with Gasteiger partial charge in [0.05, 0.1) is 12.2 Å². The van der Waals surface area contributed by atoms with Crippen LogP contribution in [0.3, 0.4) is 0 Å². The van der Waals surface area contributed by atoms with Gasteiger partial charge in [-0.1, -0.05) is 41.4 Å². The second-order valence-electron chi connectivity index (χ2n) is 8.18. The summed E-state index contributed by atoms with van der Waals surface area (Å²) in [6.45, 7) is 11.1. The fourth-order valence-electron chi connectivity index (χ4n) is 3.70. The van der Waals surface area contributed by atoms with Crippen molar-refractivity contribution in [2.75, 3.05) is 13.1 Å². The van der Waals surface area contributed by atoms with Gasteiger partial charge in [-0.2, -0.15) is 5.10 Å². The lowest BCUT2D eigenvalue weighted by Crippen LogP contribution is -2.46. The topological polar surface area (TPSA) is 50.2 Å². The van der Waals surface area contributed by atoms with Gasteiger partial charge in [-0.05, 0) is 52.2 Å². The highest BCUT2D eigenvalue weighted by Gasteiger charge is 2.21. The van der Waals surface area contributed by atoms with E-state index in [0.717, 1.165) is 42.8 Å². The minimum absolute atomic E-state index is 0.0743. The van der Waals surface area contributed by atoms with Crippen LogP contribution in [0.5, 0.6) is 0 Å². The summed E-state index contributed by atoms with van der Waals surface area (Å²) in [5.41, 5.74) is 3.97. The number of aromatic nitrogens is 2. The molecule has 1 aromatic carbocycles. The van der Waals surface area contributed by atoms with Crippen molar-refractivity contribution in [2.24, 2.45) is 0 Å². The molecule has 6 heteroatoms. The van der Waals surface area contributed by atoms with Crippen LogP contribution < -0.4 is 5.32 Å². The molecule has 1 N–H and O–H groups in total. The molecule has 1 fully saturated rings. The number of amides is 1. The predicted molar refractivity (Wildman–Crippen MR) is 119 cm³/mol. The highest BCUT2D eigenvalue weighted by Crippen LogP contribution is 2.22. The lowest BCUT2D eigenvalue weighted by Gasteiger charge is -2.34. The summed E-state index contributed by atoms with van der Waals surface area (Å²) in [6, 6.07) is 9.12. The summed E-state index contributed by atoms with van der Waals surface area (Å²) in [7, 11) is 0. The Labute approximate surface area is 178 Å². The van der Waals surface area contributed by atoms with Crippen LogP contribution in [0.2, 0.25) is 5.15 Å². The van der Waals surface area contributed by atoms with Crippen LogP contribution in [0, 0.1) is 13.8 Å². The third-order valence-electron chi connectivity index (χ3n) is 5.57. The average Bonchev–Trinajstić information content (AvgIpc) is 2.95. The van der Waals surface area contributed by atoms with E-state index in [9.17, 15) is 4.79 Å². The number of likely N-dealkylation sites (tertiary alicyclic amines) is 1. The second kappa shape index (κ2) is 9.59. The van der Waals surface area contributed by atoms with Crippen molar-refractivity contribution in [1.29, 1.82) is 0 Å². The first-order valence-corrected chi connectivity index (χ1v) is 10.7. The highest BCUT2D eigenvalue weighted by atomic mass is 35.5. The minimum atomic E-state index is -0.0743. The number of hydrogen-bond acceptors (Lipinski definition) is 3. The molecule has 0 spiro atoms. The van der Waals surface area contributed by atoms with Crippen molar-refractivity contribution in [3.8, 4) is 0 Å². The maximum atomic E-state index is 12.4. The third-order valence-corrected chi connectivity index (χ3v) is 5.97. The van der Waals surface area contributed by atoms with Gasteiger partial charge in [-0.15, -0.1) is 0 Å². The first kappa shape index (κ1) is 21.6. The van der Waals surface area contributed by atoms with E-state index >= 15 is 0 Å². The molecular weight excluding hydrogens is 384 g/mol. The fraction of sp³-hybridized carbons (Fsp3) is 0.478. The second-order valence-corrected chi connectivity index (χ2v) is 8.54. The normalized spacial score (nSPS) is 16.1. The predicted octanol–water partition coefficient (Wildman–Crippen LogP) is 4.20. The summed E-state index contributed by atoms with van der Waals surface area (Å²) >= 11 is 6.54. The van der Waals surface area contributed by atoms with Crippen LogP contribution >= 0.6 is 11.6 Å². The molecule has 5 nitrogen and oxygen atoms in total. The van der Waals surface area contributed by atoms with Crippen LogP contribution in [0.1, 0.15) is 49.1 Å². The van der Waals surface area contributed by atoms with E-state index in [4.69, 9.17) is 11.6 Å². The molecule has 1 aromatic heterocycles. The Bertz CT molecular complexity index is 862. The van der Waals surface area contributed by atoms with Gasteiger partial charge in [0.25, 0.3) is 0 Å². The molecule has 29 heavy (non-hydrogen) atoms. The quantitative estimate of drug-likeness (QED) is 0.720. The molecule has 1 aliphatic heterocycles. The van der Waals surface area contributed by atoms with E-state index in [1.807, 2.05) is 6.92 Å². The number of hydrogen-bond donors (Lipinski definition) is 1. The SMILES string of the molecule is Cc1ccc(Cn2nc(C)c(/C=C/C(=O)NC3CCN(C(C)C)CC3)c2Cl)cc1. The van der Waals surface area contributed by atoms with E-state index in [-0.39, 0.29) is 11.9 Å². The fourth-order valence-corrected chi connectivity index (χ4v) is 3.99. The Hall–Kier alpha value is -2.11. The molecule has 0 aliphatic carbocycles. The molecule has 0 radical (unpaired) electrons. The van der Waals surface area contributed by atoms with Gasteiger partial charge >= 0.3 is 0 Å². The van der Waals surface area contributed by atoms with Crippen LogP contribution in [0.15, 0.2) is 30.3 Å². The van der Waals surface area contributed by atoms with E-state index in [2.05, 4.69) is 60.4 Å². The van der Waals surface area contributed by atoms with Gasteiger partial charge in [0.1, 0.15) is 5.15 Å². The zero-order valence-electron chi connectivity index (χ0n) is 17.8. The number of carbonyl (C=O) groups excluding carboxylic acids is 1. The average molecular weight is 415 g/mol. The van der Waals surface area contributed by atoms with E-state index < -0.39 is 0 Å². The molecule has 3 rings (SSSR count). The lowest BCUT2D eigenvalue weighted by atomic mass is 10.0. The van der Waals surface area contributed by atoms with Crippen LogP contribution in [-0.4, -0.2) is 45.8 Å². The summed E-state index contributed by atoms with van der Waals surface area (Å²) in [5, 5.41) is 8.21. The Morgan fingerprint density at radius 3 is 2.52 bits per heavy atom. The summed E-state index contributed by atoms with van der Waals surface area (Å²) in [6.07, 6.45) is 5.33. The van der Waals surface area contributed by atoms with Crippen molar-refractivity contribution in [3.05, 3.63) is 57.9 Å². The van der Waals surface area contributed by atoms with Gasteiger partial charge in [0.15, 0.2) is 0 Å². The van der Waals surface area contributed by atoms with Gasteiger partial charge in [-0.3, -0.25) is 4.79 Å². The summed E-state index contributed by atoms with van der Waals surface area (Å²) in [5.74, 6) is -0.0743. The number of aryl methyl sites for hydroxylation is 2. The van der Waals surface area contributed by atoms with Gasteiger partial charge in [0, 0.05) is 36.8 Å². The molecule has 2 heterocycles. The molecular formula is C23H31ClN4O. The molecule has 0 bridgehead atoms. The Morgan fingerprint density at radius 2 is 1.90 bits per heavy atom. The summed E-state index contributed by atoms with van der Waals surface area (Å²) in [4.78, 5) is 14.8. The first-order valence-electron chi connectivity index (χ1n) is 10.3. The molecule has 0 saturated carbocycles. The maximum absolute atomic E-state index is 12.4. The molecule has 0 atom stereocenters. The van der Waals surface area contributed by atoms with E-state index in [1.54, 1.807) is 16.8 Å². The van der Waals surface area contributed by atoms with Crippen LogP contribution in [0.25, 0.3) is 6.08 Å². The van der Waals surface area contributed by atoms with Gasteiger partial charge in [0.2, 0.25) is 5.91 Å². The lowest BCUT2D eigenvalue weighted by molar-refractivity contribution is -0.117. The largest absolute Gasteiger partial charge is 0.350 e. The maximum Gasteiger partial charge on any atom is 0.244 e. The Morgan fingerprint density at radius 1 is 1.24 bits per heavy atom. The van der Waals surface area contributed by atoms with E-state index in [0.29, 0.717) is 17.7 Å².